The van der Waals surface area contributed by atoms with Crippen LogP contribution in [0.3, 0.4) is 0 Å². The van der Waals surface area contributed by atoms with Gasteiger partial charge < -0.3 is 20.9 Å². The number of carbonyl (C=O) groups is 1. The lowest BCUT2D eigenvalue weighted by molar-refractivity contribution is 0.0997. The Kier molecular flexibility index (Phi) is 5.44. The number of aryl methyl sites for hydroxylation is 1. The van der Waals surface area contributed by atoms with Gasteiger partial charge in [0.15, 0.2) is 0 Å². The molecular formula is C19H21N3O3. The number of hydrogen-bond acceptors (Lipinski definition) is 5. The SMILES string of the molecule is C=Nc1cc(OC)c(C(N)=O)cc1C(=C)Oc1ccc(N)c(CC)c1. The summed E-state index contributed by atoms with van der Waals surface area (Å²) in [4.78, 5) is 15.6. The average Bonchev–Trinajstić information content (AvgIpc) is 2.61. The molecule has 130 valence electrons. The van der Waals surface area contributed by atoms with Crippen molar-refractivity contribution < 1.29 is 14.3 Å². The molecule has 0 unspecified atom stereocenters. The van der Waals surface area contributed by atoms with E-state index in [4.69, 9.17) is 20.9 Å². The van der Waals surface area contributed by atoms with Crippen LogP contribution in [0.1, 0.15) is 28.4 Å². The minimum Gasteiger partial charge on any atom is -0.496 e. The standard InChI is InChI=1S/C19H21N3O3/c1-5-12-8-13(6-7-16(12)20)25-11(2)14-9-15(19(21)23)18(24-4)10-17(14)22-3/h6-10H,2-3,5,20H2,1,4H3,(H2,21,23). The topological polar surface area (TPSA) is 99.9 Å². The number of ether oxygens (including phenoxy) is 2. The second-order valence-electron chi connectivity index (χ2n) is 5.33. The first-order valence-corrected chi connectivity index (χ1v) is 7.65. The van der Waals surface area contributed by atoms with Crippen molar-refractivity contribution >= 4 is 29.8 Å². The van der Waals surface area contributed by atoms with Crippen LogP contribution >= 0.6 is 0 Å². The van der Waals surface area contributed by atoms with Crippen LogP contribution in [0, 0.1) is 0 Å². The quantitative estimate of drug-likeness (QED) is 0.459. The minimum absolute atomic E-state index is 0.209. The molecule has 0 aliphatic rings. The highest BCUT2D eigenvalue weighted by molar-refractivity contribution is 5.97. The van der Waals surface area contributed by atoms with Crippen molar-refractivity contribution in [3.8, 4) is 11.5 Å². The summed E-state index contributed by atoms with van der Waals surface area (Å²) in [5, 5.41) is 0. The largest absolute Gasteiger partial charge is 0.496 e. The van der Waals surface area contributed by atoms with Crippen molar-refractivity contribution in [3.05, 3.63) is 53.6 Å². The lowest BCUT2D eigenvalue weighted by Gasteiger charge is -2.15. The molecule has 1 amide bonds. The van der Waals surface area contributed by atoms with Crippen LogP contribution in [0.15, 0.2) is 41.9 Å². The molecule has 2 aromatic rings. The molecule has 0 saturated heterocycles. The number of benzene rings is 2. The van der Waals surface area contributed by atoms with Gasteiger partial charge in [0.2, 0.25) is 0 Å². The molecule has 0 aliphatic carbocycles. The van der Waals surface area contributed by atoms with E-state index in [1.807, 2.05) is 13.0 Å². The first-order chi connectivity index (χ1) is 11.9. The fourth-order valence-corrected chi connectivity index (χ4v) is 2.43. The zero-order valence-corrected chi connectivity index (χ0v) is 14.3. The predicted octanol–water partition coefficient (Wildman–Crippen LogP) is 3.32. The van der Waals surface area contributed by atoms with Crippen LogP contribution < -0.4 is 20.9 Å². The monoisotopic (exact) mass is 339 g/mol. The predicted molar refractivity (Wildman–Crippen MR) is 101 cm³/mol. The van der Waals surface area contributed by atoms with Gasteiger partial charge in [-0.05, 0) is 43.0 Å². The van der Waals surface area contributed by atoms with E-state index in [0.717, 1.165) is 12.0 Å². The number of aliphatic imine (C=N–C) groups is 1. The van der Waals surface area contributed by atoms with Crippen molar-refractivity contribution in [2.75, 3.05) is 12.8 Å². The molecule has 0 saturated carbocycles. The maximum absolute atomic E-state index is 11.6. The number of nitrogen functional groups attached to an aromatic ring is 1. The number of anilines is 1. The Morgan fingerprint density at radius 1 is 1.24 bits per heavy atom. The second kappa shape index (κ2) is 7.53. The highest BCUT2D eigenvalue weighted by Gasteiger charge is 2.17. The molecule has 0 aliphatic heterocycles. The Morgan fingerprint density at radius 2 is 1.96 bits per heavy atom. The van der Waals surface area contributed by atoms with Crippen LogP contribution in [-0.4, -0.2) is 19.7 Å². The van der Waals surface area contributed by atoms with Crippen molar-refractivity contribution in [2.24, 2.45) is 10.7 Å². The summed E-state index contributed by atoms with van der Waals surface area (Å²) in [7, 11) is 1.44. The molecule has 0 fully saturated rings. The van der Waals surface area contributed by atoms with Crippen LogP contribution in [0.5, 0.6) is 11.5 Å². The normalized spacial score (nSPS) is 10.2. The molecule has 2 aromatic carbocycles. The summed E-state index contributed by atoms with van der Waals surface area (Å²) in [5.41, 5.74) is 14.2. The molecule has 0 radical (unpaired) electrons. The van der Waals surface area contributed by atoms with Gasteiger partial charge in [0.05, 0.1) is 18.4 Å². The molecule has 4 N–H and O–H groups in total. The van der Waals surface area contributed by atoms with Gasteiger partial charge in [0.25, 0.3) is 5.91 Å². The second-order valence-corrected chi connectivity index (χ2v) is 5.33. The van der Waals surface area contributed by atoms with E-state index in [9.17, 15) is 4.79 Å². The van der Waals surface area contributed by atoms with Crippen LogP contribution in [-0.2, 0) is 6.42 Å². The maximum Gasteiger partial charge on any atom is 0.252 e. The van der Waals surface area contributed by atoms with E-state index in [2.05, 4.69) is 18.3 Å². The summed E-state index contributed by atoms with van der Waals surface area (Å²) in [6.45, 7) is 9.47. The van der Waals surface area contributed by atoms with Crippen LogP contribution in [0.2, 0.25) is 0 Å². The number of nitrogens with zero attached hydrogens (tertiary/aromatic N) is 1. The lowest BCUT2D eigenvalue weighted by atomic mass is 10.1. The third kappa shape index (κ3) is 3.80. The number of hydrogen-bond donors (Lipinski definition) is 2. The zero-order valence-electron chi connectivity index (χ0n) is 14.3. The van der Waals surface area contributed by atoms with E-state index in [1.54, 1.807) is 18.2 Å². The fourth-order valence-electron chi connectivity index (χ4n) is 2.43. The van der Waals surface area contributed by atoms with Gasteiger partial charge in [-0.25, -0.2) is 0 Å². The molecule has 0 spiro atoms. The molecular weight excluding hydrogens is 318 g/mol. The first-order valence-electron chi connectivity index (χ1n) is 7.65. The number of rotatable bonds is 7. The van der Waals surface area contributed by atoms with E-state index in [0.29, 0.717) is 34.2 Å². The van der Waals surface area contributed by atoms with Crippen molar-refractivity contribution in [1.29, 1.82) is 0 Å². The number of methoxy groups -OCH3 is 1. The van der Waals surface area contributed by atoms with Gasteiger partial charge >= 0.3 is 0 Å². The highest BCUT2D eigenvalue weighted by Crippen LogP contribution is 2.34. The highest BCUT2D eigenvalue weighted by atomic mass is 16.5. The van der Waals surface area contributed by atoms with Crippen molar-refractivity contribution in [3.63, 3.8) is 0 Å². The van der Waals surface area contributed by atoms with E-state index in [1.165, 1.54) is 13.2 Å². The number of carbonyl (C=O) groups excluding carboxylic acids is 1. The summed E-state index contributed by atoms with van der Waals surface area (Å²) < 4.78 is 11.0. The minimum atomic E-state index is -0.623. The smallest absolute Gasteiger partial charge is 0.252 e. The number of amides is 1. The molecule has 6 nitrogen and oxygen atoms in total. The molecule has 0 bridgehead atoms. The third-order valence-electron chi connectivity index (χ3n) is 3.79. The van der Waals surface area contributed by atoms with Crippen molar-refractivity contribution in [1.82, 2.24) is 0 Å². The molecule has 0 aromatic heterocycles. The summed E-state index contributed by atoms with van der Waals surface area (Å²) in [6, 6.07) is 8.47. The molecule has 0 heterocycles. The van der Waals surface area contributed by atoms with E-state index < -0.39 is 5.91 Å². The van der Waals surface area contributed by atoms with Gasteiger partial charge in [0, 0.05) is 17.3 Å². The Bertz CT molecular complexity index is 844. The molecule has 6 heteroatoms. The first kappa shape index (κ1) is 18.1. The van der Waals surface area contributed by atoms with Gasteiger partial charge in [0.1, 0.15) is 17.3 Å². The Balaban J connectivity index is 2.43. The molecule has 2 rings (SSSR count). The maximum atomic E-state index is 11.6. The van der Waals surface area contributed by atoms with Gasteiger partial charge in [-0.2, -0.15) is 0 Å². The Hall–Kier alpha value is -3.28. The zero-order chi connectivity index (χ0) is 18.6. The summed E-state index contributed by atoms with van der Waals surface area (Å²) >= 11 is 0. The third-order valence-corrected chi connectivity index (χ3v) is 3.79. The molecule has 0 atom stereocenters. The van der Waals surface area contributed by atoms with Crippen molar-refractivity contribution in [2.45, 2.75) is 13.3 Å². The summed E-state index contributed by atoms with van der Waals surface area (Å²) in [5.74, 6) is 0.580. The lowest BCUT2D eigenvalue weighted by Crippen LogP contribution is -2.13. The number of primary amides is 1. The van der Waals surface area contributed by atoms with Gasteiger partial charge in [-0.1, -0.05) is 13.5 Å². The van der Waals surface area contributed by atoms with E-state index >= 15 is 0 Å². The molecule has 25 heavy (non-hydrogen) atoms. The van der Waals surface area contributed by atoms with Crippen LogP contribution in [0.4, 0.5) is 11.4 Å². The Morgan fingerprint density at radius 3 is 2.52 bits per heavy atom. The number of nitrogens with two attached hydrogens (primary N) is 2. The van der Waals surface area contributed by atoms with Gasteiger partial charge in [-0.15, -0.1) is 0 Å². The average molecular weight is 339 g/mol. The fraction of sp³-hybridized carbons (Fsp3) is 0.158. The Labute approximate surface area is 146 Å². The van der Waals surface area contributed by atoms with Gasteiger partial charge in [-0.3, -0.25) is 9.79 Å². The van der Waals surface area contributed by atoms with E-state index in [-0.39, 0.29) is 5.56 Å². The van der Waals surface area contributed by atoms with Crippen LogP contribution in [0.25, 0.3) is 5.76 Å². The summed E-state index contributed by atoms with van der Waals surface area (Å²) in [6.07, 6.45) is 0.781.